The Morgan fingerprint density at radius 3 is 2.65 bits per heavy atom. The van der Waals surface area contributed by atoms with Gasteiger partial charge < -0.3 is 5.32 Å². The molecule has 4 rings (SSSR count). The summed E-state index contributed by atoms with van der Waals surface area (Å²) in [5.74, 6) is 0.543. The largest absolute Gasteiger partial charge is 0.317 e. The molecule has 0 unspecified atom stereocenters. The van der Waals surface area contributed by atoms with Gasteiger partial charge in [-0.15, -0.1) is 11.3 Å². The fourth-order valence-electron chi connectivity index (χ4n) is 3.68. The van der Waals surface area contributed by atoms with Crippen molar-refractivity contribution in [1.29, 1.82) is 0 Å². The average molecular weight is 374 g/mol. The molecule has 3 heterocycles. The van der Waals surface area contributed by atoms with E-state index in [-0.39, 0.29) is 5.82 Å². The number of halogens is 1. The van der Waals surface area contributed by atoms with Crippen molar-refractivity contribution in [3.05, 3.63) is 40.7 Å². The van der Waals surface area contributed by atoms with Gasteiger partial charge in [0.15, 0.2) is 0 Å². The number of aromatic nitrogens is 2. The van der Waals surface area contributed by atoms with Crippen LogP contribution in [-0.4, -0.2) is 22.9 Å². The van der Waals surface area contributed by atoms with Gasteiger partial charge in [0.1, 0.15) is 5.82 Å². The molecule has 1 aromatic carbocycles. The van der Waals surface area contributed by atoms with E-state index in [4.69, 9.17) is 5.10 Å². The van der Waals surface area contributed by atoms with Crippen LogP contribution >= 0.6 is 11.3 Å². The van der Waals surface area contributed by atoms with Crippen molar-refractivity contribution in [3.63, 3.8) is 0 Å². The van der Waals surface area contributed by atoms with E-state index in [2.05, 4.69) is 10.7 Å². The average Bonchev–Trinajstić information content (AvgIpc) is 3.20. The summed E-state index contributed by atoms with van der Waals surface area (Å²) in [6.45, 7) is 8.12. The molecule has 1 fully saturated rings. The second-order valence-corrected chi connectivity index (χ2v) is 7.66. The van der Waals surface area contributed by atoms with Gasteiger partial charge in [-0.3, -0.25) is 4.68 Å². The van der Waals surface area contributed by atoms with E-state index in [9.17, 15) is 4.39 Å². The van der Waals surface area contributed by atoms with Gasteiger partial charge in [0, 0.05) is 23.6 Å². The smallest absolute Gasteiger partial charge is 0.131 e. The molecular weight excluding hydrogens is 345 g/mol. The van der Waals surface area contributed by atoms with Gasteiger partial charge in [-0.2, -0.15) is 5.10 Å². The van der Waals surface area contributed by atoms with Crippen LogP contribution in [-0.2, 0) is 13.5 Å². The lowest BCUT2D eigenvalue weighted by molar-refractivity contribution is 0.370. The normalized spacial score (nSPS) is 15.1. The third-order valence-electron chi connectivity index (χ3n) is 4.98. The summed E-state index contributed by atoms with van der Waals surface area (Å²) in [4.78, 5) is 0. The zero-order chi connectivity index (χ0) is 18.7. The Balaban J connectivity index is 0.000000948. The topological polar surface area (TPSA) is 29.9 Å². The molecule has 1 N–H and O–H groups in total. The van der Waals surface area contributed by atoms with Crippen LogP contribution in [0.25, 0.3) is 21.3 Å². The Kier molecular flexibility index (Phi) is 6.09. The van der Waals surface area contributed by atoms with E-state index >= 15 is 0 Å². The van der Waals surface area contributed by atoms with Crippen LogP contribution < -0.4 is 5.32 Å². The lowest BCUT2D eigenvalue weighted by Gasteiger charge is -2.21. The standard InChI is InChI=1S/C19H22FN3S.C2H6/c1-12-3-4-14(16(20)9-12)15-11-24-19-17(22-23(2)18(15)19)10-13-5-7-21-8-6-13;1-2/h3-4,9,11,13,21H,5-8,10H2,1-2H3;1-2H3. The maximum absolute atomic E-state index is 14.4. The third kappa shape index (κ3) is 3.69. The van der Waals surface area contributed by atoms with Gasteiger partial charge in [-0.25, -0.2) is 4.39 Å². The van der Waals surface area contributed by atoms with Crippen molar-refractivity contribution in [2.45, 2.75) is 40.0 Å². The lowest BCUT2D eigenvalue weighted by Crippen LogP contribution is -2.28. The quantitative estimate of drug-likeness (QED) is 0.673. The maximum Gasteiger partial charge on any atom is 0.131 e. The summed E-state index contributed by atoms with van der Waals surface area (Å²) in [7, 11) is 1.97. The highest BCUT2D eigenvalue weighted by molar-refractivity contribution is 7.17. The first-order valence-electron chi connectivity index (χ1n) is 9.54. The maximum atomic E-state index is 14.4. The highest BCUT2D eigenvalue weighted by Gasteiger charge is 2.21. The first-order chi connectivity index (χ1) is 12.6. The first kappa shape index (κ1) is 19.1. The fraction of sp³-hybridized carbons (Fsp3) is 0.476. The minimum atomic E-state index is -0.157. The Labute approximate surface area is 159 Å². The molecule has 2 aromatic heterocycles. The van der Waals surface area contributed by atoms with Gasteiger partial charge in [0.25, 0.3) is 0 Å². The first-order valence-corrected chi connectivity index (χ1v) is 10.4. The molecule has 0 amide bonds. The van der Waals surface area contributed by atoms with E-state index in [1.165, 1.54) is 23.2 Å². The second-order valence-electron chi connectivity index (χ2n) is 6.78. The van der Waals surface area contributed by atoms with Crippen molar-refractivity contribution in [3.8, 4) is 11.1 Å². The molecule has 3 nitrogen and oxygen atoms in total. The van der Waals surface area contributed by atoms with Crippen molar-refractivity contribution in [2.24, 2.45) is 13.0 Å². The van der Waals surface area contributed by atoms with Gasteiger partial charge in [-0.1, -0.05) is 26.0 Å². The van der Waals surface area contributed by atoms with Crippen LogP contribution in [0.15, 0.2) is 23.6 Å². The number of nitrogens with one attached hydrogen (secondary N) is 1. The summed E-state index contributed by atoms with van der Waals surface area (Å²) in [5, 5.41) is 10.3. The molecule has 0 saturated carbocycles. The number of hydrogen-bond acceptors (Lipinski definition) is 3. The van der Waals surface area contributed by atoms with Crippen molar-refractivity contribution in [1.82, 2.24) is 15.1 Å². The predicted octanol–water partition coefficient (Wildman–Crippen LogP) is 5.32. The Bertz CT molecular complexity index is 875. The van der Waals surface area contributed by atoms with E-state index in [1.807, 2.05) is 44.6 Å². The van der Waals surface area contributed by atoms with Crippen LogP contribution in [0.3, 0.4) is 0 Å². The number of benzene rings is 1. The molecule has 0 atom stereocenters. The SMILES string of the molecule is CC.Cc1ccc(-c2csc3c(CC4CCNCC4)nn(C)c23)c(F)c1. The molecule has 3 aromatic rings. The summed E-state index contributed by atoms with van der Waals surface area (Å²) in [6.07, 6.45) is 3.45. The fourth-order valence-corrected chi connectivity index (χ4v) is 4.76. The molecule has 0 bridgehead atoms. The number of nitrogens with zero attached hydrogens (tertiary/aromatic N) is 2. The van der Waals surface area contributed by atoms with E-state index < -0.39 is 0 Å². The van der Waals surface area contributed by atoms with Gasteiger partial charge >= 0.3 is 0 Å². The molecule has 0 spiro atoms. The second kappa shape index (κ2) is 8.31. The van der Waals surface area contributed by atoms with Crippen LogP contribution in [0.4, 0.5) is 4.39 Å². The number of rotatable bonds is 3. The number of fused-ring (bicyclic) bond motifs is 1. The van der Waals surface area contributed by atoms with Crippen LogP contribution in [0.1, 0.15) is 37.9 Å². The van der Waals surface area contributed by atoms with Crippen LogP contribution in [0.2, 0.25) is 0 Å². The Morgan fingerprint density at radius 1 is 1.23 bits per heavy atom. The molecular formula is C21H28FN3S. The Morgan fingerprint density at radius 2 is 1.96 bits per heavy atom. The van der Waals surface area contributed by atoms with Crippen molar-refractivity contribution in [2.75, 3.05) is 13.1 Å². The molecule has 1 aliphatic heterocycles. The number of thiophene rings is 1. The molecule has 0 radical (unpaired) electrons. The minimum Gasteiger partial charge on any atom is -0.317 e. The number of hydrogen-bond donors (Lipinski definition) is 1. The molecule has 5 heteroatoms. The molecule has 0 aliphatic carbocycles. The Hall–Kier alpha value is -1.72. The lowest BCUT2D eigenvalue weighted by atomic mass is 9.93. The van der Waals surface area contributed by atoms with Crippen LogP contribution in [0.5, 0.6) is 0 Å². The molecule has 1 saturated heterocycles. The van der Waals surface area contributed by atoms with Gasteiger partial charge in [0.2, 0.25) is 0 Å². The van der Waals surface area contributed by atoms with Crippen LogP contribution in [0, 0.1) is 18.7 Å². The van der Waals surface area contributed by atoms with Crippen molar-refractivity contribution >= 4 is 21.6 Å². The number of piperidine rings is 1. The third-order valence-corrected chi connectivity index (χ3v) is 5.99. The zero-order valence-corrected chi connectivity index (χ0v) is 16.9. The molecule has 26 heavy (non-hydrogen) atoms. The minimum absolute atomic E-state index is 0.157. The predicted molar refractivity (Wildman–Crippen MR) is 109 cm³/mol. The molecule has 140 valence electrons. The monoisotopic (exact) mass is 373 g/mol. The van der Waals surface area contributed by atoms with Gasteiger partial charge in [-0.05, 0) is 56.8 Å². The highest BCUT2D eigenvalue weighted by Crippen LogP contribution is 2.38. The number of aryl methyl sites for hydroxylation is 2. The van der Waals surface area contributed by atoms with E-state index in [1.54, 1.807) is 17.4 Å². The highest BCUT2D eigenvalue weighted by atomic mass is 32.1. The van der Waals surface area contributed by atoms with Gasteiger partial charge in [0.05, 0.1) is 15.9 Å². The summed E-state index contributed by atoms with van der Waals surface area (Å²) in [6, 6.07) is 5.45. The van der Waals surface area contributed by atoms with Crippen molar-refractivity contribution < 1.29 is 4.39 Å². The zero-order valence-electron chi connectivity index (χ0n) is 16.1. The van der Waals surface area contributed by atoms with E-state index in [0.29, 0.717) is 11.5 Å². The summed E-state index contributed by atoms with van der Waals surface area (Å²) >= 11 is 1.69. The molecule has 1 aliphatic rings. The van der Waals surface area contributed by atoms with E-state index in [0.717, 1.165) is 36.2 Å². The summed E-state index contributed by atoms with van der Waals surface area (Å²) in [5.41, 5.74) is 4.80. The summed E-state index contributed by atoms with van der Waals surface area (Å²) < 4.78 is 17.6.